The zero-order chi connectivity index (χ0) is 18.1. The van der Waals surface area contributed by atoms with Crippen molar-refractivity contribution in [3.05, 3.63) is 65.1 Å². The van der Waals surface area contributed by atoms with E-state index < -0.39 is 5.82 Å². The minimum Gasteiger partial charge on any atom is -0.382 e. The molecular weight excluding hydrogens is 353 g/mol. The van der Waals surface area contributed by atoms with Gasteiger partial charge in [-0.3, -0.25) is 0 Å². The smallest absolute Gasteiger partial charge is 0.229 e. The molecule has 0 radical (unpaired) electrons. The van der Waals surface area contributed by atoms with Gasteiger partial charge in [0.15, 0.2) is 5.82 Å². The summed E-state index contributed by atoms with van der Waals surface area (Å²) in [6.45, 7) is 2.16. The Bertz CT molecular complexity index is 962. The van der Waals surface area contributed by atoms with Crippen LogP contribution in [0.4, 0.5) is 33.2 Å². The van der Waals surface area contributed by atoms with Crippen molar-refractivity contribution in [1.82, 2.24) is 9.97 Å². The van der Waals surface area contributed by atoms with Crippen LogP contribution < -0.4 is 16.0 Å². The lowest BCUT2D eigenvalue weighted by atomic mass is 10.1. The lowest BCUT2D eigenvalue weighted by Gasteiger charge is -2.10. The van der Waals surface area contributed by atoms with E-state index in [-0.39, 0.29) is 16.7 Å². The first-order chi connectivity index (χ1) is 12.6. The fourth-order valence-electron chi connectivity index (χ4n) is 2.98. The number of nitrogens with zero attached hydrogens (tertiary/aromatic N) is 2. The molecule has 5 nitrogen and oxygen atoms in total. The maximum atomic E-state index is 14.0. The van der Waals surface area contributed by atoms with Crippen LogP contribution in [0.5, 0.6) is 0 Å². The molecular formula is C19H17ClFN5. The Balaban J connectivity index is 1.53. The number of rotatable bonds is 4. The summed E-state index contributed by atoms with van der Waals surface area (Å²) in [6, 6.07) is 13.1. The topological polar surface area (TPSA) is 61.9 Å². The van der Waals surface area contributed by atoms with Crippen LogP contribution in [0.25, 0.3) is 0 Å². The van der Waals surface area contributed by atoms with Gasteiger partial charge in [-0.25, -0.2) is 9.37 Å². The average Bonchev–Trinajstić information content (AvgIpc) is 2.99. The van der Waals surface area contributed by atoms with Crippen LogP contribution in [-0.2, 0) is 6.42 Å². The molecule has 1 aliphatic heterocycles. The van der Waals surface area contributed by atoms with Gasteiger partial charge in [0.05, 0.1) is 10.7 Å². The third-order valence-corrected chi connectivity index (χ3v) is 4.45. The van der Waals surface area contributed by atoms with Gasteiger partial charge in [0.1, 0.15) is 5.82 Å². The summed E-state index contributed by atoms with van der Waals surface area (Å²) in [4.78, 5) is 8.52. The maximum Gasteiger partial charge on any atom is 0.229 e. The lowest BCUT2D eigenvalue weighted by molar-refractivity contribution is 0.632. The van der Waals surface area contributed by atoms with Gasteiger partial charge in [0.2, 0.25) is 5.95 Å². The number of hydrogen-bond donors (Lipinski definition) is 3. The molecule has 2 aromatic carbocycles. The van der Waals surface area contributed by atoms with E-state index >= 15 is 0 Å². The van der Waals surface area contributed by atoms with Crippen molar-refractivity contribution >= 4 is 40.4 Å². The standard InChI is InChI=1S/C19H17ClFN5/c1-11-9-12-10-13(5-6-15(12)23-11)24-17-7-8-22-19(26-17)25-16-4-2-3-14(20)18(16)21/h2-8,10-11,23H,9H2,1H3,(H2,22,24,25,26). The highest BCUT2D eigenvalue weighted by molar-refractivity contribution is 6.31. The highest BCUT2D eigenvalue weighted by atomic mass is 35.5. The number of fused-ring (bicyclic) bond motifs is 1. The van der Waals surface area contributed by atoms with Gasteiger partial charge in [0, 0.05) is 23.6 Å². The minimum atomic E-state index is -0.531. The van der Waals surface area contributed by atoms with E-state index in [1.165, 1.54) is 17.3 Å². The van der Waals surface area contributed by atoms with Gasteiger partial charge in [0.25, 0.3) is 0 Å². The molecule has 0 bridgehead atoms. The highest BCUT2D eigenvalue weighted by Crippen LogP contribution is 2.29. The predicted molar refractivity (Wildman–Crippen MR) is 103 cm³/mol. The summed E-state index contributed by atoms with van der Waals surface area (Å²) >= 11 is 5.80. The van der Waals surface area contributed by atoms with Gasteiger partial charge >= 0.3 is 0 Å². The molecule has 0 fully saturated rings. The van der Waals surface area contributed by atoms with Gasteiger partial charge in [-0.15, -0.1) is 0 Å². The molecule has 3 N–H and O–H groups in total. The Hall–Kier alpha value is -2.86. The predicted octanol–water partition coefficient (Wildman–Crippen LogP) is 5.11. The van der Waals surface area contributed by atoms with E-state index in [0.717, 1.165) is 12.1 Å². The number of benzene rings is 2. The van der Waals surface area contributed by atoms with Crippen molar-refractivity contribution in [2.24, 2.45) is 0 Å². The van der Waals surface area contributed by atoms with Gasteiger partial charge in [-0.05, 0) is 55.3 Å². The Morgan fingerprint density at radius 2 is 2.08 bits per heavy atom. The monoisotopic (exact) mass is 369 g/mol. The van der Waals surface area contributed by atoms with Crippen LogP contribution in [-0.4, -0.2) is 16.0 Å². The van der Waals surface area contributed by atoms with Crippen LogP contribution in [0.3, 0.4) is 0 Å². The summed E-state index contributed by atoms with van der Waals surface area (Å²) in [5.74, 6) is 0.368. The molecule has 0 saturated carbocycles. The SMILES string of the molecule is CC1Cc2cc(Nc3ccnc(Nc4cccc(Cl)c4F)n3)ccc2N1. The molecule has 0 amide bonds. The van der Waals surface area contributed by atoms with Crippen molar-refractivity contribution in [2.75, 3.05) is 16.0 Å². The number of nitrogens with one attached hydrogen (secondary N) is 3. The van der Waals surface area contributed by atoms with Crippen molar-refractivity contribution in [2.45, 2.75) is 19.4 Å². The van der Waals surface area contributed by atoms with E-state index in [0.29, 0.717) is 11.9 Å². The average molecular weight is 370 g/mol. The molecule has 1 aliphatic rings. The van der Waals surface area contributed by atoms with E-state index in [1.807, 2.05) is 6.07 Å². The molecule has 26 heavy (non-hydrogen) atoms. The zero-order valence-corrected chi connectivity index (χ0v) is 14.8. The molecule has 4 rings (SSSR count). The largest absolute Gasteiger partial charge is 0.382 e. The summed E-state index contributed by atoms with van der Waals surface area (Å²) in [6.07, 6.45) is 2.60. The van der Waals surface area contributed by atoms with Crippen molar-refractivity contribution < 1.29 is 4.39 Å². The third-order valence-electron chi connectivity index (χ3n) is 4.16. The molecule has 0 saturated heterocycles. The summed E-state index contributed by atoms with van der Waals surface area (Å²) in [7, 11) is 0. The first kappa shape index (κ1) is 16.6. The summed E-state index contributed by atoms with van der Waals surface area (Å²) in [5.41, 5.74) is 3.62. The molecule has 0 spiro atoms. The highest BCUT2D eigenvalue weighted by Gasteiger charge is 2.16. The number of anilines is 5. The number of aromatic nitrogens is 2. The Morgan fingerprint density at radius 3 is 2.96 bits per heavy atom. The fraction of sp³-hybridized carbons (Fsp3) is 0.158. The number of hydrogen-bond acceptors (Lipinski definition) is 5. The molecule has 1 atom stereocenters. The molecule has 1 unspecified atom stereocenters. The Labute approximate surface area is 155 Å². The molecule has 2 heterocycles. The Morgan fingerprint density at radius 1 is 1.19 bits per heavy atom. The summed E-state index contributed by atoms with van der Waals surface area (Å²) < 4.78 is 14.0. The van der Waals surface area contributed by atoms with Crippen LogP contribution >= 0.6 is 11.6 Å². The molecule has 7 heteroatoms. The van der Waals surface area contributed by atoms with Crippen molar-refractivity contribution in [3.8, 4) is 0 Å². The first-order valence-corrected chi connectivity index (χ1v) is 8.67. The second-order valence-electron chi connectivity index (χ2n) is 6.24. The Kier molecular flexibility index (Phi) is 4.34. The molecule has 0 aliphatic carbocycles. The molecule has 1 aromatic heterocycles. The second-order valence-corrected chi connectivity index (χ2v) is 6.65. The molecule has 132 valence electrons. The maximum absolute atomic E-state index is 14.0. The van der Waals surface area contributed by atoms with Crippen molar-refractivity contribution in [3.63, 3.8) is 0 Å². The van der Waals surface area contributed by atoms with Gasteiger partial charge in [-0.2, -0.15) is 4.98 Å². The van der Waals surface area contributed by atoms with Crippen LogP contribution in [0.1, 0.15) is 12.5 Å². The summed E-state index contributed by atoms with van der Waals surface area (Å²) in [5, 5.41) is 9.59. The van der Waals surface area contributed by atoms with Gasteiger partial charge in [-0.1, -0.05) is 17.7 Å². The van der Waals surface area contributed by atoms with E-state index in [4.69, 9.17) is 11.6 Å². The van der Waals surface area contributed by atoms with Crippen LogP contribution in [0, 0.1) is 5.82 Å². The quantitative estimate of drug-likeness (QED) is 0.596. The minimum absolute atomic E-state index is 0.0465. The van der Waals surface area contributed by atoms with Crippen LogP contribution in [0.15, 0.2) is 48.7 Å². The van der Waals surface area contributed by atoms with E-state index in [1.54, 1.807) is 24.4 Å². The number of halogens is 2. The van der Waals surface area contributed by atoms with Gasteiger partial charge < -0.3 is 16.0 Å². The van der Waals surface area contributed by atoms with E-state index in [2.05, 4.69) is 45.0 Å². The van der Waals surface area contributed by atoms with E-state index in [9.17, 15) is 4.39 Å². The van der Waals surface area contributed by atoms with Crippen LogP contribution in [0.2, 0.25) is 5.02 Å². The zero-order valence-electron chi connectivity index (χ0n) is 14.1. The van der Waals surface area contributed by atoms with Crippen molar-refractivity contribution in [1.29, 1.82) is 0 Å². The first-order valence-electron chi connectivity index (χ1n) is 8.29. The fourth-order valence-corrected chi connectivity index (χ4v) is 3.16. The second kappa shape index (κ2) is 6.80. The normalized spacial score (nSPS) is 15.3. The third kappa shape index (κ3) is 3.41. The lowest BCUT2D eigenvalue weighted by Crippen LogP contribution is -2.08. The molecule has 3 aromatic rings.